The summed E-state index contributed by atoms with van der Waals surface area (Å²) < 4.78 is 0. The first-order valence-electron chi connectivity index (χ1n) is 13.4. The topological polar surface area (TPSA) is 0 Å². The Kier molecular flexibility index (Phi) is 6.64. The predicted molar refractivity (Wildman–Crippen MR) is 131 cm³/mol. The molecule has 4 rings (SSSR count). The SMILES string of the molecule is C=C[CH]C1CC[C@@]2(C)C(=CCC3C2CC[C@@]2(C)C3CC[C@@H]2[C@H](C)CCCC(C)C)C1. The number of fused-ring (bicyclic) bond motifs is 5. The minimum Gasteiger partial charge on any atom is -0.103 e. The van der Waals surface area contributed by atoms with Crippen LogP contribution >= 0.6 is 0 Å². The van der Waals surface area contributed by atoms with E-state index >= 15 is 0 Å². The summed E-state index contributed by atoms with van der Waals surface area (Å²) in [6.45, 7) is 16.7. The summed E-state index contributed by atoms with van der Waals surface area (Å²) in [6, 6.07) is 0. The second-order valence-corrected chi connectivity index (χ2v) is 12.7. The molecule has 0 bridgehead atoms. The first kappa shape index (κ1) is 22.7. The van der Waals surface area contributed by atoms with Gasteiger partial charge in [-0.05, 0) is 110 Å². The van der Waals surface area contributed by atoms with Crippen LogP contribution in [0.3, 0.4) is 0 Å². The van der Waals surface area contributed by atoms with Gasteiger partial charge in [0, 0.05) is 0 Å². The Morgan fingerprint density at radius 3 is 2.57 bits per heavy atom. The fraction of sp³-hybridized carbons (Fsp3) is 0.833. The van der Waals surface area contributed by atoms with Crippen LogP contribution in [-0.4, -0.2) is 0 Å². The normalized spacial score (nSPS) is 44.1. The highest BCUT2D eigenvalue weighted by Crippen LogP contribution is 2.67. The van der Waals surface area contributed by atoms with Crippen LogP contribution in [0.4, 0.5) is 0 Å². The first-order valence-corrected chi connectivity index (χ1v) is 13.4. The van der Waals surface area contributed by atoms with Gasteiger partial charge in [-0.15, -0.1) is 6.58 Å². The van der Waals surface area contributed by atoms with Gasteiger partial charge < -0.3 is 0 Å². The summed E-state index contributed by atoms with van der Waals surface area (Å²) in [5.41, 5.74) is 2.93. The van der Waals surface area contributed by atoms with E-state index in [0.29, 0.717) is 10.8 Å². The van der Waals surface area contributed by atoms with Crippen molar-refractivity contribution in [3.63, 3.8) is 0 Å². The summed E-state index contributed by atoms with van der Waals surface area (Å²) in [7, 11) is 0. The molecule has 1 radical (unpaired) electrons. The average molecular weight is 410 g/mol. The Morgan fingerprint density at radius 2 is 1.83 bits per heavy atom. The third kappa shape index (κ3) is 3.88. The van der Waals surface area contributed by atoms with E-state index in [2.05, 4.69) is 53.7 Å². The quantitative estimate of drug-likeness (QED) is 0.368. The highest BCUT2D eigenvalue weighted by atomic mass is 14.6. The minimum absolute atomic E-state index is 0.497. The molecular formula is C30H49. The summed E-state index contributed by atoms with van der Waals surface area (Å²) in [5, 5.41) is 0. The minimum atomic E-state index is 0.497. The molecule has 0 N–H and O–H groups in total. The van der Waals surface area contributed by atoms with Crippen LogP contribution in [0.15, 0.2) is 24.3 Å². The molecular weight excluding hydrogens is 360 g/mol. The lowest BCUT2D eigenvalue weighted by atomic mass is 9.46. The van der Waals surface area contributed by atoms with E-state index in [1.807, 2.05) is 11.6 Å². The van der Waals surface area contributed by atoms with Crippen LogP contribution in [0.2, 0.25) is 0 Å². The van der Waals surface area contributed by atoms with Gasteiger partial charge in [0.25, 0.3) is 0 Å². The molecule has 0 aliphatic heterocycles. The van der Waals surface area contributed by atoms with E-state index in [4.69, 9.17) is 0 Å². The zero-order chi connectivity index (χ0) is 21.5. The van der Waals surface area contributed by atoms with Crippen LogP contribution in [-0.2, 0) is 0 Å². The lowest BCUT2D eigenvalue weighted by Crippen LogP contribution is -2.50. The van der Waals surface area contributed by atoms with Crippen molar-refractivity contribution >= 4 is 0 Å². The van der Waals surface area contributed by atoms with E-state index in [0.717, 1.165) is 41.4 Å². The highest BCUT2D eigenvalue weighted by Gasteiger charge is 2.59. The Balaban J connectivity index is 1.47. The van der Waals surface area contributed by atoms with Crippen molar-refractivity contribution < 1.29 is 0 Å². The predicted octanol–water partition coefficient (Wildman–Crippen LogP) is 9.03. The Labute approximate surface area is 188 Å². The molecule has 0 aromatic carbocycles. The summed E-state index contributed by atoms with van der Waals surface area (Å²) in [5.74, 6) is 6.41. The lowest BCUT2D eigenvalue weighted by molar-refractivity contribution is -0.0519. The van der Waals surface area contributed by atoms with Gasteiger partial charge in [-0.25, -0.2) is 0 Å². The van der Waals surface area contributed by atoms with Gasteiger partial charge in [0.1, 0.15) is 0 Å². The van der Waals surface area contributed by atoms with Crippen LogP contribution in [0.5, 0.6) is 0 Å². The van der Waals surface area contributed by atoms with Crippen molar-refractivity contribution in [3.05, 3.63) is 30.7 Å². The molecule has 8 atom stereocenters. The second kappa shape index (κ2) is 8.78. The highest BCUT2D eigenvalue weighted by molar-refractivity contribution is 5.26. The maximum Gasteiger partial charge on any atom is -0.00851 e. The molecule has 30 heavy (non-hydrogen) atoms. The summed E-state index contributed by atoms with van der Waals surface area (Å²) in [6.07, 6.45) is 23.0. The van der Waals surface area contributed by atoms with E-state index < -0.39 is 0 Å². The van der Waals surface area contributed by atoms with Crippen molar-refractivity contribution in [3.8, 4) is 0 Å². The Bertz CT molecular complexity index is 640. The second-order valence-electron chi connectivity index (χ2n) is 12.7. The van der Waals surface area contributed by atoms with Gasteiger partial charge in [0.05, 0.1) is 0 Å². The monoisotopic (exact) mass is 409 g/mol. The molecule has 4 aliphatic rings. The van der Waals surface area contributed by atoms with Crippen molar-refractivity contribution in [2.24, 2.45) is 52.3 Å². The molecule has 0 aromatic heterocycles. The van der Waals surface area contributed by atoms with E-state index in [-0.39, 0.29) is 0 Å². The van der Waals surface area contributed by atoms with E-state index in [1.54, 1.807) is 0 Å². The summed E-state index contributed by atoms with van der Waals surface area (Å²) >= 11 is 0. The van der Waals surface area contributed by atoms with Crippen molar-refractivity contribution in [2.45, 2.75) is 105 Å². The van der Waals surface area contributed by atoms with E-state index in [1.165, 1.54) is 70.6 Å². The van der Waals surface area contributed by atoms with Crippen LogP contribution in [0.25, 0.3) is 0 Å². The molecule has 3 fully saturated rings. The summed E-state index contributed by atoms with van der Waals surface area (Å²) in [4.78, 5) is 0. The maximum atomic E-state index is 3.96. The molecule has 0 aromatic rings. The zero-order valence-electron chi connectivity index (χ0n) is 20.8. The van der Waals surface area contributed by atoms with Crippen LogP contribution < -0.4 is 0 Å². The maximum absolute atomic E-state index is 3.96. The van der Waals surface area contributed by atoms with Crippen molar-refractivity contribution in [2.75, 3.05) is 0 Å². The number of hydrogen-bond donors (Lipinski definition) is 0. The Morgan fingerprint density at radius 1 is 1.03 bits per heavy atom. The molecule has 4 aliphatic carbocycles. The van der Waals surface area contributed by atoms with Crippen molar-refractivity contribution in [1.29, 1.82) is 0 Å². The Hall–Kier alpha value is -0.520. The molecule has 0 saturated heterocycles. The average Bonchev–Trinajstić information content (AvgIpc) is 3.05. The standard InChI is InChI=1S/C30H49/c1-7-9-23-16-18-29(5)24(20-23)12-13-25-27-15-14-26(22(4)11-8-10-21(2)3)30(27,6)19-17-28(25)29/h7,9,12,21-23,25-28H,1,8,10-11,13-20H2,2-6H3/t22-,23?,25?,26-,27?,28?,29+,30-/m1/s1. The van der Waals surface area contributed by atoms with E-state index in [9.17, 15) is 0 Å². The fourth-order valence-corrected chi connectivity index (χ4v) is 9.07. The molecule has 0 spiro atoms. The van der Waals surface area contributed by atoms with Gasteiger partial charge in [0.2, 0.25) is 0 Å². The third-order valence-electron chi connectivity index (χ3n) is 10.8. The van der Waals surface area contributed by atoms with Gasteiger partial charge in [0.15, 0.2) is 0 Å². The third-order valence-corrected chi connectivity index (χ3v) is 10.8. The molecule has 0 amide bonds. The van der Waals surface area contributed by atoms with Gasteiger partial charge >= 0.3 is 0 Å². The number of rotatable bonds is 7. The van der Waals surface area contributed by atoms with Crippen LogP contribution in [0, 0.1) is 58.7 Å². The number of allylic oxidation sites excluding steroid dienone is 3. The lowest BCUT2D eigenvalue weighted by Gasteiger charge is -2.58. The van der Waals surface area contributed by atoms with Crippen LogP contribution in [0.1, 0.15) is 105 Å². The molecule has 4 unspecified atom stereocenters. The zero-order valence-corrected chi connectivity index (χ0v) is 20.8. The molecule has 0 nitrogen and oxygen atoms in total. The largest absolute Gasteiger partial charge is 0.103 e. The fourth-order valence-electron chi connectivity index (χ4n) is 9.07. The van der Waals surface area contributed by atoms with Gasteiger partial charge in [-0.1, -0.05) is 71.6 Å². The van der Waals surface area contributed by atoms with Gasteiger partial charge in [-0.3, -0.25) is 0 Å². The number of hydrogen-bond acceptors (Lipinski definition) is 0. The molecule has 3 saturated carbocycles. The van der Waals surface area contributed by atoms with Gasteiger partial charge in [-0.2, -0.15) is 0 Å². The van der Waals surface area contributed by atoms with Crippen molar-refractivity contribution in [1.82, 2.24) is 0 Å². The molecule has 0 heterocycles. The first-order chi connectivity index (χ1) is 14.3. The smallest absolute Gasteiger partial charge is 0.00851 e. The molecule has 169 valence electrons. The molecule has 0 heteroatoms.